The summed E-state index contributed by atoms with van der Waals surface area (Å²) in [6.45, 7) is 21.0. The maximum atomic E-state index is 12.2. The maximum absolute atomic E-state index is 12.2. The molecule has 212 valence electrons. The summed E-state index contributed by atoms with van der Waals surface area (Å²) in [7, 11) is 0. The van der Waals surface area contributed by atoms with Crippen LogP contribution in [0, 0.1) is 13.8 Å². The number of nitrogens with zero attached hydrogens (tertiary/aromatic N) is 2. The zero-order chi connectivity index (χ0) is 29.3. The number of nitrogens with one attached hydrogen (secondary N) is 2. The molecule has 6 heteroatoms. The van der Waals surface area contributed by atoms with E-state index in [2.05, 4.69) is 75.6 Å². The molecule has 0 radical (unpaired) electrons. The third-order valence-electron chi connectivity index (χ3n) is 8.12. The second-order valence-corrected chi connectivity index (χ2v) is 10.9. The van der Waals surface area contributed by atoms with Gasteiger partial charge < -0.3 is 14.7 Å². The zero-order valence-electron chi connectivity index (χ0n) is 25.8. The highest BCUT2D eigenvalue weighted by Crippen LogP contribution is 2.32. The van der Waals surface area contributed by atoms with Gasteiger partial charge in [-0.15, -0.1) is 0 Å². The first-order valence-corrected chi connectivity index (χ1v) is 14.7. The van der Waals surface area contributed by atoms with Gasteiger partial charge in [0.1, 0.15) is 0 Å². The van der Waals surface area contributed by atoms with Crippen LogP contribution in [0.1, 0.15) is 102 Å². The van der Waals surface area contributed by atoms with Crippen molar-refractivity contribution in [3.63, 3.8) is 0 Å². The van der Waals surface area contributed by atoms with Gasteiger partial charge in [-0.2, -0.15) is 0 Å². The van der Waals surface area contributed by atoms with E-state index in [1.54, 1.807) is 0 Å². The van der Waals surface area contributed by atoms with Crippen LogP contribution >= 0.6 is 0 Å². The Morgan fingerprint density at radius 2 is 1.40 bits per heavy atom. The van der Waals surface area contributed by atoms with E-state index in [1.807, 2.05) is 26.8 Å². The number of rotatable bonds is 8. The van der Waals surface area contributed by atoms with Crippen LogP contribution in [0.25, 0.3) is 18.2 Å². The minimum atomic E-state index is -0.128. The predicted octanol–water partition coefficient (Wildman–Crippen LogP) is 6.31. The number of carbonyl (C=O) groups is 1. The molecule has 0 unspecified atom stereocenters. The number of amides is 1. The van der Waals surface area contributed by atoms with Crippen molar-refractivity contribution >= 4 is 35.7 Å². The van der Waals surface area contributed by atoms with E-state index in [0.717, 1.165) is 81.8 Å². The summed E-state index contributed by atoms with van der Waals surface area (Å²) in [4.78, 5) is 28.8. The molecule has 0 spiro atoms. The minimum absolute atomic E-state index is 0.0836. The fourth-order valence-corrected chi connectivity index (χ4v) is 5.85. The molecule has 2 aliphatic rings. The van der Waals surface area contributed by atoms with Crippen molar-refractivity contribution in [2.45, 2.75) is 101 Å². The molecule has 0 aliphatic carbocycles. The summed E-state index contributed by atoms with van der Waals surface area (Å²) in [5.74, 6) is 0.601. The lowest BCUT2D eigenvalue weighted by Gasteiger charge is -2.09. The summed E-state index contributed by atoms with van der Waals surface area (Å²) < 4.78 is 5.99. The summed E-state index contributed by atoms with van der Waals surface area (Å²) in [6.07, 6.45) is 10.0. The smallest absolute Gasteiger partial charge is 0.273 e. The van der Waals surface area contributed by atoms with E-state index >= 15 is 0 Å². The van der Waals surface area contributed by atoms with E-state index < -0.39 is 0 Å². The molecule has 40 heavy (non-hydrogen) atoms. The molecule has 6 nitrogen and oxygen atoms in total. The first-order valence-electron chi connectivity index (χ1n) is 14.7. The number of allylic oxidation sites excluding steroid dienone is 2. The largest absolute Gasteiger partial charge is 0.475 e. The Morgan fingerprint density at radius 3 is 2.00 bits per heavy atom. The van der Waals surface area contributed by atoms with Crippen LogP contribution in [0.2, 0.25) is 0 Å². The number of hydrogen-bond acceptors (Lipinski definition) is 3. The van der Waals surface area contributed by atoms with E-state index in [0.29, 0.717) is 0 Å². The maximum Gasteiger partial charge on any atom is 0.273 e. The molecule has 0 bridgehead atoms. The molecule has 0 fully saturated rings. The Balaban J connectivity index is 1.83. The van der Waals surface area contributed by atoms with E-state index in [1.165, 1.54) is 27.8 Å². The average molecular weight is 541 g/mol. The standard InChI is InChI=1S/C34H44N4O2/c1-11-23-19(7)27(15-31-25(13-3)21(9)33(39)37-31)35-29(23)17-30-24(12-2)20(8)28(36-30)16-32-26(14-4)22(10)34(38-32)40-18(5)6/h15-18,35-36H,11-14H2,1-10H3/b27-15+,29-17-,32-16-. The number of aromatic amines is 2. The van der Waals surface area contributed by atoms with Crippen molar-refractivity contribution in [1.29, 1.82) is 0 Å². The van der Waals surface area contributed by atoms with E-state index in [9.17, 15) is 4.79 Å². The number of carbonyl (C=O) groups excluding carboxylic acids is 1. The molecule has 0 saturated heterocycles. The highest BCUT2D eigenvalue weighted by atomic mass is 16.5. The van der Waals surface area contributed by atoms with Crippen LogP contribution in [0.4, 0.5) is 0 Å². The normalized spacial score (nSPS) is 17.9. The lowest BCUT2D eigenvalue weighted by atomic mass is 10.0. The quantitative estimate of drug-likeness (QED) is 0.412. The van der Waals surface area contributed by atoms with Crippen LogP contribution in [-0.4, -0.2) is 33.6 Å². The van der Waals surface area contributed by atoms with Crippen LogP contribution < -0.4 is 10.7 Å². The second-order valence-electron chi connectivity index (χ2n) is 10.9. The number of aliphatic imine (C=N–C) groups is 2. The van der Waals surface area contributed by atoms with Crippen molar-refractivity contribution in [3.8, 4) is 0 Å². The molecule has 2 aromatic rings. The predicted molar refractivity (Wildman–Crippen MR) is 167 cm³/mol. The average Bonchev–Trinajstić information content (AvgIpc) is 3.56. The first-order chi connectivity index (χ1) is 19.0. The summed E-state index contributed by atoms with van der Waals surface area (Å²) in [6, 6.07) is 0. The van der Waals surface area contributed by atoms with Gasteiger partial charge in [0, 0.05) is 33.2 Å². The number of hydrogen-bond donors (Lipinski definition) is 2. The highest BCUT2D eigenvalue weighted by Gasteiger charge is 2.23. The molecule has 4 rings (SSSR count). The van der Waals surface area contributed by atoms with Crippen LogP contribution in [0.5, 0.6) is 0 Å². The highest BCUT2D eigenvalue weighted by molar-refractivity contribution is 6.30. The minimum Gasteiger partial charge on any atom is -0.475 e. The molecule has 2 aromatic heterocycles. The molecule has 0 aromatic carbocycles. The summed E-state index contributed by atoms with van der Waals surface area (Å²) in [5, 5.41) is 2.09. The monoisotopic (exact) mass is 540 g/mol. The summed E-state index contributed by atoms with van der Waals surface area (Å²) >= 11 is 0. The van der Waals surface area contributed by atoms with Crippen molar-refractivity contribution in [3.05, 3.63) is 72.3 Å². The Morgan fingerprint density at radius 1 is 0.725 bits per heavy atom. The van der Waals surface area contributed by atoms with Gasteiger partial charge in [0.25, 0.3) is 5.91 Å². The van der Waals surface area contributed by atoms with Gasteiger partial charge in [0.2, 0.25) is 5.90 Å². The van der Waals surface area contributed by atoms with Crippen molar-refractivity contribution in [2.75, 3.05) is 0 Å². The molecule has 2 N–H and O–H groups in total. The van der Waals surface area contributed by atoms with Crippen molar-refractivity contribution in [1.82, 2.24) is 9.97 Å². The fourth-order valence-electron chi connectivity index (χ4n) is 5.85. The van der Waals surface area contributed by atoms with E-state index in [-0.39, 0.29) is 12.0 Å². The van der Waals surface area contributed by atoms with E-state index in [4.69, 9.17) is 9.73 Å². The number of ether oxygens (including phenoxy) is 1. The van der Waals surface area contributed by atoms with Crippen LogP contribution in [0.15, 0.2) is 38.0 Å². The van der Waals surface area contributed by atoms with Crippen LogP contribution in [-0.2, 0) is 22.4 Å². The van der Waals surface area contributed by atoms with Gasteiger partial charge in [0.05, 0.1) is 17.5 Å². The molecular formula is C34H44N4O2. The summed E-state index contributed by atoms with van der Waals surface area (Å²) in [5.41, 5.74) is 13.1. The molecule has 0 atom stereocenters. The van der Waals surface area contributed by atoms with Gasteiger partial charge >= 0.3 is 0 Å². The fraction of sp³-hybridized carbons (Fsp3) is 0.441. The zero-order valence-corrected chi connectivity index (χ0v) is 25.8. The lowest BCUT2D eigenvalue weighted by molar-refractivity contribution is -0.114. The Kier molecular flexibility index (Phi) is 8.67. The molecule has 4 heterocycles. The van der Waals surface area contributed by atoms with Gasteiger partial charge in [-0.3, -0.25) is 4.79 Å². The lowest BCUT2D eigenvalue weighted by Crippen LogP contribution is -2.14. The second kappa shape index (κ2) is 11.8. The Bertz CT molecular complexity index is 1630. The van der Waals surface area contributed by atoms with Crippen molar-refractivity contribution in [2.24, 2.45) is 9.98 Å². The SMILES string of the molecule is CCC1=C(C)C(=O)N=C1/C=c1/[nH]/c(=C\c2[nH]c(/C=C3\N=C(OC(C)C)C(C)=C3CC)c(C)c2CC)c(CC)c1C. The van der Waals surface area contributed by atoms with Gasteiger partial charge in [-0.1, -0.05) is 27.7 Å². The topological polar surface area (TPSA) is 82.6 Å². The van der Waals surface area contributed by atoms with Gasteiger partial charge in [-0.25, -0.2) is 9.98 Å². The van der Waals surface area contributed by atoms with Crippen molar-refractivity contribution < 1.29 is 9.53 Å². The first kappa shape index (κ1) is 29.3. The Hall–Kier alpha value is -3.67. The number of H-pyrrole nitrogens is 2. The third-order valence-corrected chi connectivity index (χ3v) is 8.12. The van der Waals surface area contributed by atoms with Gasteiger partial charge in [-0.05, 0) is 119 Å². The molecule has 2 aliphatic heterocycles. The molecule has 1 amide bonds. The molecule has 0 saturated carbocycles. The van der Waals surface area contributed by atoms with Crippen LogP contribution in [0.3, 0.4) is 0 Å². The Labute approximate surface area is 238 Å². The van der Waals surface area contributed by atoms with Gasteiger partial charge in [0.15, 0.2) is 0 Å². The third kappa shape index (κ3) is 5.36. The number of aromatic nitrogens is 2. The molecular weight excluding hydrogens is 496 g/mol.